The van der Waals surface area contributed by atoms with E-state index in [0.717, 1.165) is 5.82 Å². The number of hydrogen-bond acceptors (Lipinski definition) is 2. The Morgan fingerprint density at radius 3 is 2.92 bits per heavy atom. The lowest BCUT2D eigenvalue weighted by molar-refractivity contribution is 0.375. The molecule has 68 valence electrons. The van der Waals surface area contributed by atoms with Crippen molar-refractivity contribution in [1.82, 2.24) is 14.6 Å². The van der Waals surface area contributed by atoms with Gasteiger partial charge in [0.15, 0.2) is 5.65 Å². The van der Waals surface area contributed by atoms with Crippen LogP contribution in [0.4, 0.5) is 4.39 Å². The molecule has 1 atom stereocenters. The molecular formula is C9H10FN3. The van der Waals surface area contributed by atoms with Gasteiger partial charge >= 0.3 is 0 Å². The quantitative estimate of drug-likeness (QED) is 0.670. The highest BCUT2D eigenvalue weighted by Crippen LogP contribution is 2.20. The molecule has 0 spiro atoms. The summed E-state index contributed by atoms with van der Waals surface area (Å²) in [5, 5.41) is 7.80. The lowest BCUT2D eigenvalue weighted by Crippen LogP contribution is -1.93. The molecule has 0 radical (unpaired) electrons. The number of pyridine rings is 1. The first-order valence-electron chi connectivity index (χ1n) is 4.14. The molecule has 0 saturated carbocycles. The minimum Gasteiger partial charge on any atom is -0.286 e. The summed E-state index contributed by atoms with van der Waals surface area (Å²) in [5.41, 5.74) is 1.19. The number of aryl methyl sites for hydroxylation is 1. The molecule has 13 heavy (non-hydrogen) atoms. The third kappa shape index (κ3) is 1.18. The van der Waals surface area contributed by atoms with Gasteiger partial charge in [-0.05, 0) is 19.9 Å². The molecule has 0 aliphatic rings. The van der Waals surface area contributed by atoms with Gasteiger partial charge in [0.25, 0.3) is 0 Å². The second kappa shape index (κ2) is 2.80. The van der Waals surface area contributed by atoms with Crippen molar-refractivity contribution < 1.29 is 4.39 Å². The Balaban J connectivity index is 2.77. The first-order chi connectivity index (χ1) is 6.20. The van der Waals surface area contributed by atoms with Gasteiger partial charge in [0.2, 0.25) is 0 Å². The molecule has 0 aliphatic heterocycles. The molecule has 0 bridgehead atoms. The molecular weight excluding hydrogens is 169 g/mol. The van der Waals surface area contributed by atoms with Crippen molar-refractivity contribution in [1.29, 1.82) is 0 Å². The zero-order valence-electron chi connectivity index (χ0n) is 7.53. The maximum absolute atomic E-state index is 13.1. The van der Waals surface area contributed by atoms with Gasteiger partial charge in [-0.25, -0.2) is 4.39 Å². The fourth-order valence-corrected chi connectivity index (χ4v) is 1.36. The molecule has 0 N–H and O–H groups in total. The van der Waals surface area contributed by atoms with E-state index in [-0.39, 0.29) is 0 Å². The summed E-state index contributed by atoms with van der Waals surface area (Å²) in [4.78, 5) is 0. The topological polar surface area (TPSA) is 30.2 Å². The van der Waals surface area contributed by atoms with Gasteiger partial charge in [-0.1, -0.05) is 6.07 Å². The van der Waals surface area contributed by atoms with Crippen LogP contribution < -0.4 is 0 Å². The van der Waals surface area contributed by atoms with Gasteiger partial charge in [0, 0.05) is 11.8 Å². The van der Waals surface area contributed by atoms with Crippen molar-refractivity contribution in [3.63, 3.8) is 0 Å². The molecule has 0 aromatic carbocycles. The highest BCUT2D eigenvalue weighted by atomic mass is 19.1. The van der Waals surface area contributed by atoms with Crippen LogP contribution in [0.2, 0.25) is 0 Å². The van der Waals surface area contributed by atoms with E-state index in [4.69, 9.17) is 0 Å². The largest absolute Gasteiger partial charge is 0.286 e. The van der Waals surface area contributed by atoms with E-state index in [1.807, 2.05) is 13.1 Å². The number of fused-ring (bicyclic) bond motifs is 1. The van der Waals surface area contributed by atoms with E-state index in [1.165, 1.54) is 6.92 Å². The summed E-state index contributed by atoms with van der Waals surface area (Å²) >= 11 is 0. The standard InChI is InChI=1S/C9H10FN3/c1-6(10)8-4-3-5-13-7(2)11-12-9(8)13/h3-6H,1-2H3. The van der Waals surface area contributed by atoms with Crippen molar-refractivity contribution in [2.45, 2.75) is 20.0 Å². The Bertz CT molecular complexity index is 433. The summed E-state index contributed by atoms with van der Waals surface area (Å²) in [7, 11) is 0. The summed E-state index contributed by atoms with van der Waals surface area (Å²) in [6.07, 6.45) is 0.823. The molecule has 0 amide bonds. The van der Waals surface area contributed by atoms with Crippen molar-refractivity contribution in [3.05, 3.63) is 29.7 Å². The van der Waals surface area contributed by atoms with E-state index in [1.54, 1.807) is 16.5 Å². The Labute approximate surface area is 75.2 Å². The van der Waals surface area contributed by atoms with Gasteiger partial charge in [-0.3, -0.25) is 4.40 Å². The zero-order chi connectivity index (χ0) is 9.42. The smallest absolute Gasteiger partial charge is 0.166 e. The highest BCUT2D eigenvalue weighted by Gasteiger charge is 2.10. The predicted octanol–water partition coefficient (Wildman–Crippen LogP) is 2.07. The minimum atomic E-state index is -1.01. The van der Waals surface area contributed by atoms with E-state index in [2.05, 4.69) is 10.2 Å². The monoisotopic (exact) mass is 179 g/mol. The van der Waals surface area contributed by atoms with E-state index < -0.39 is 6.17 Å². The molecule has 2 aromatic rings. The van der Waals surface area contributed by atoms with Gasteiger partial charge in [0.05, 0.1) is 0 Å². The summed E-state index contributed by atoms with van der Waals surface area (Å²) in [6.45, 7) is 3.34. The van der Waals surface area contributed by atoms with Gasteiger partial charge in [-0.2, -0.15) is 0 Å². The highest BCUT2D eigenvalue weighted by molar-refractivity contribution is 5.48. The molecule has 0 saturated heterocycles. The molecule has 0 aliphatic carbocycles. The number of hydrogen-bond donors (Lipinski definition) is 0. The Morgan fingerprint density at radius 2 is 2.23 bits per heavy atom. The van der Waals surface area contributed by atoms with Gasteiger partial charge in [0.1, 0.15) is 12.0 Å². The Hall–Kier alpha value is -1.45. The van der Waals surface area contributed by atoms with Gasteiger partial charge in [-0.15, -0.1) is 10.2 Å². The van der Waals surface area contributed by atoms with E-state index >= 15 is 0 Å². The number of halogens is 1. The second-order valence-electron chi connectivity index (χ2n) is 3.02. The average molecular weight is 179 g/mol. The van der Waals surface area contributed by atoms with Crippen molar-refractivity contribution in [3.8, 4) is 0 Å². The van der Waals surface area contributed by atoms with Crippen molar-refractivity contribution >= 4 is 5.65 Å². The molecule has 4 heteroatoms. The zero-order valence-corrected chi connectivity index (χ0v) is 7.53. The predicted molar refractivity (Wildman–Crippen MR) is 47.2 cm³/mol. The van der Waals surface area contributed by atoms with E-state index in [9.17, 15) is 4.39 Å². The molecule has 1 unspecified atom stereocenters. The first-order valence-corrected chi connectivity index (χ1v) is 4.14. The van der Waals surface area contributed by atoms with Crippen LogP contribution in [0.1, 0.15) is 24.5 Å². The third-order valence-corrected chi connectivity index (χ3v) is 2.06. The molecule has 0 fully saturated rings. The normalized spacial score (nSPS) is 13.5. The number of alkyl halides is 1. The van der Waals surface area contributed by atoms with E-state index in [0.29, 0.717) is 11.2 Å². The number of rotatable bonds is 1. The van der Waals surface area contributed by atoms with Crippen LogP contribution in [0.15, 0.2) is 18.3 Å². The summed E-state index contributed by atoms with van der Waals surface area (Å²) < 4.78 is 14.9. The first kappa shape index (κ1) is 8.16. The van der Waals surface area contributed by atoms with Crippen molar-refractivity contribution in [2.75, 3.05) is 0 Å². The molecule has 2 rings (SSSR count). The maximum Gasteiger partial charge on any atom is 0.166 e. The molecule has 2 heterocycles. The lowest BCUT2D eigenvalue weighted by atomic mass is 10.2. The number of nitrogens with zero attached hydrogens (tertiary/aromatic N) is 3. The van der Waals surface area contributed by atoms with Crippen LogP contribution >= 0.6 is 0 Å². The fourth-order valence-electron chi connectivity index (χ4n) is 1.36. The Morgan fingerprint density at radius 1 is 1.46 bits per heavy atom. The van der Waals surface area contributed by atoms with Crippen molar-refractivity contribution in [2.24, 2.45) is 0 Å². The fraction of sp³-hybridized carbons (Fsp3) is 0.333. The maximum atomic E-state index is 13.1. The summed E-state index contributed by atoms with van der Waals surface area (Å²) in [5.74, 6) is 0.775. The third-order valence-electron chi connectivity index (χ3n) is 2.06. The van der Waals surface area contributed by atoms with Crippen LogP contribution in [-0.2, 0) is 0 Å². The SMILES string of the molecule is Cc1nnc2c(C(C)F)cccn12. The minimum absolute atomic E-state index is 0.586. The molecule has 3 nitrogen and oxygen atoms in total. The van der Waals surface area contributed by atoms with Crippen LogP contribution in [0.5, 0.6) is 0 Å². The number of aromatic nitrogens is 3. The van der Waals surface area contributed by atoms with Crippen LogP contribution in [0.3, 0.4) is 0 Å². The summed E-state index contributed by atoms with van der Waals surface area (Å²) in [6, 6.07) is 3.53. The van der Waals surface area contributed by atoms with Gasteiger partial charge < -0.3 is 0 Å². The Kier molecular flexibility index (Phi) is 1.76. The van der Waals surface area contributed by atoms with Crippen LogP contribution in [-0.4, -0.2) is 14.6 Å². The lowest BCUT2D eigenvalue weighted by Gasteiger charge is -2.02. The van der Waals surface area contributed by atoms with Crippen LogP contribution in [0.25, 0.3) is 5.65 Å². The molecule has 2 aromatic heterocycles. The van der Waals surface area contributed by atoms with Crippen LogP contribution in [0, 0.1) is 6.92 Å². The second-order valence-corrected chi connectivity index (χ2v) is 3.02. The average Bonchev–Trinajstić information content (AvgIpc) is 2.48.